The standard InChI is InChI=1S/C28H33N7O3/c1-18-11-20(25-24-12-22(16-35(24)31-17-29-25)23-13-30-32(6)14-23)7-8-21(18)15-33-9-10-34(19(2)26(33)36)27(37)38-28(3,4)5/h7-8,11-14,16-17,19H,9-10,15H2,1-6H3. The van der Waals surface area contributed by atoms with Gasteiger partial charge in [-0.15, -0.1) is 0 Å². The minimum atomic E-state index is -0.605. The number of hydrogen-bond acceptors (Lipinski definition) is 6. The van der Waals surface area contributed by atoms with Crippen LogP contribution in [0.3, 0.4) is 0 Å². The van der Waals surface area contributed by atoms with Gasteiger partial charge >= 0.3 is 6.09 Å². The lowest BCUT2D eigenvalue weighted by Gasteiger charge is -2.39. The maximum atomic E-state index is 13.1. The molecule has 3 aromatic heterocycles. The van der Waals surface area contributed by atoms with E-state index in [0.29, 0.717) is 19.6 Å². The number of aromatic nitrogens is 5. The Morgan fingerprint density at radius 2 is 1.87 bits per heavy atom. The molecule has 38 heavy (non-hydrogen) atoms. The number of rotatable bonds is 4. The molecule has 5 rings (SSSR count). The monoisotopic (exact) mass is 515 g/mol. The van der Waals surface area contributed by atoms with E-state index in [2.05, 4.69) is 27.3 Å². The molecule has 0 aliphatic carbocycles. The second-order valence-electron chi connectivity index (χ2n) is 10.8. The van der Waals surface area contributed by atoms with Crippen molar-refractivity contribution in [2.45, 2.75) is 52.8 Å². The van der Waals surface area contributed by atoms with Gasteiger partial charge in [-0.3, -0.25) is 14.4 Å². The van der Waals surface area contributed by atoms with Crippen molar-refractivity contribution in [3.8, 4) is 22.4 Å². The third-order valence-electron chi connectivity index (χ3n) is 6.80. The molecule has 1 aliphatic rings. The number of fused-ring (bicyclic) bond motifs is 1. The summed E-state index contributed by atoms with van der Waals surface area (Å²) in [7, 11) is 1.89. The predicted molar refractivity (Wildman–Crippen MR) is 143 cm³/mol. The van der Waals surface area contributed by atoms with E-state index in [1.165, 1.54) is 4.90 Å². The maximum Gasteiger partial charge on any atom is 0.411 e. The summed E-state index contributed by atoms with van der Waals surface area (Å²) in [5.41, 5.74) is 6.26. The number of nitrogens with zero attached hydrogens (tertiary/aromatic N) is 7. The van der Waals surface area contributed by atoms with Crippen LogP contribution < -0.4 is 0 Å². The van der Waals surface area contributed by atoms with Crippen molar-refractivity contribution >= 4 is 17.5 Å². The van der Waals surface area contributed by atoms with Gasteiger partial charge in [-0.1, -0.05) is 12.1 Å². The van der Waals surface area contributed by atoms with E-state index in [1.54, 1.807) is 17.9 Å². The quantitative estimate of drug-likeness (QED) is 0.406. The zero-order valence-corrected chi connectivity index (χ0v) is 22.7. The van der Waals surface area contributed by atoms with Crippen LogP contribution in [0.2, 0.25) is 0 Å². The van der Waals surface area contributed by atoms with Crippen molar-refractivity contribution in [2.24, 2.45) is 7.05 Å². The molecule has 4 aromatic rings. The second kappa shape index (κ2) is 9.59. The Labute approximate surface area is 221 Å². The second-order valence-corrected chi connectivity index (χ2v) is 10.8. The normalized spacial score (nSPS) is 16.4. The summed E-state index contributed by atoms with van der Waals surface area (Å²) in [6, 6.07) is 7.67. The fraction of sp³-hybridized carbons (Fsp3) is 0.393. The first kappa shape index (κ1) is 25.4. The van der Waals surface area contributed by atoms with Crippen LogP contribution >= 0.6 is 0 Å². The van der Waals surface area contributed by atoms with Gasteiger partial charge in [0.2, 0.25) is 5.91 Å². The van der Waals surface area contributed by atoms with E-state index in [4.69, 9.17) is 4.74 Å². The molecular weight excluding hydrogens is 482 g/mol. The highest BCUT2D eigenvalue weighted by Crippen LogP contribution is 2.29. The molecule has 0 radical (unpaired) electrons. The van der Waals surface area contributed by atoms with E-state index < -0.39 is 17.7 Å². The highest BCUT2D eigenvalue weighted by Gasteiger charge is 2.36. The average Bonchev–Trinajstić information content (AvgIpc) is 3.48. The molecule has 2 amide bonds. The van der Waals surface area contributed by atoms with Crippen LogP contribution in [0.25, 0.3) is 27.9 Å². The van der Waals surface area contributed by atoms with Crippen molar-refractivity contribution in [2.75, 3.05) is 13.1 Å². The number of hydrogen-bond donors (Lipinski definition) is 0. The van der Waals surface area contributed by atoms with Crippen LogP contribution in [0.1, 0.15) is 38.8 Å². The van der Waals surface area contributed by atoms with Gasteiger partial charge in [0, 0.05) is 55.8 Å². The first-order valence-electron chi connectivity index (χ1n) is 12.7. The van der Waals surface area contributed by atoms with E-state index in [9.17, 15) is 9.59 Å². The smallest absolute Gasteiger partial charge is 0.411 e. The van der Waals surface area contributed by atoms with Crippen molar-refractivity contribution in [1.82, 2.24) is 34.2 Å². The van der Waals surface area contributed by atoms with Crippen LogP contribution in [-0.4, -0.2) is 70.9 Å². The van der Waals surface area contributed by atoms with Crippen molar-refractivity contribution in [3.63, 3.8) is 0 Å². The highest BCUT2D eigenvalue weighted by molar-refractivity contribution is 5.87. The van der Waals surface area contributed by atoms with Gasteiger partial charge in [0.25, 0.3) is 0 Å². The predicted octanol–water partition coefficient (Wildman–Crippen LogP) is 4.07. The van der Waals surface area contributed by atoms with Crippen molar-refractivity contribution < 1.29 is 14.3 Å². The van der Waals surface area contributed by atoms with E-state index in [1.807, 2.05) is 74.9 Å². The van der Waals surface area contributed by atoms with Gasteiger partial charge < -0.3 is 9.64 Å². The van der Waals surface area contributed by atoms with Crippen LogP contribution in [0, 0.1) is 6.92 Å². The van der Waals surface area contributed by atoms with Gasteiger partial charge in [-0.05, 0) is 57.9 Å². The number of ether oxygens (including phenoxy) is 1. The molecule has 1 fully saturated rings. The van der Waals surface area contributed by atoms with Crippen molar-refractivity contribution in [1.29, 1.82) is 0 Å². The van der Waals surface area contributed by atoms with Crippen LogP contribution in [0.4, 0.5) is 4.79 Å². The summed E-state index contributed by atoms with van der Waals surface area (Å²) in [5, 5.41) is 8.66. The average molecular weight is 516 g/mol. The highest BCUT2D eigenvalue weighted by atomic mass is 16.6. The van der Waals surface area contributed by atoms with Crippen LogP contribution in [0.15, 0.2) is 49.2 Å². The fourth-order valence-corrected chi connectivity index (χ4v) is 4.76. The maximum absolute atomic E-state index is 13.1. The summed E-state index contributed by atoms with van der Waals surface area (Å²) in [5.74, 6) is -0.0841. The lowest BCUT2D eigenvalue weighted by atomic mass is 10.0. The summed E-state index contributed by atoms with van der Waals surface area (Å²) in [6.45, 7) is 10.6. The SMILES string of the molecule is Cc1cc(-c2ncnn3cc(-c4cnn(C)c4)cc23)ccc1CN1CCN(C(=O)OC(C)(C)C)C(C)C1=O. The Bertz CT molecular complexity index is 1510. The molecule has 1 unspecified atom stereocenters. The minimum Gasteiger partial charge on any atom is -0.444 e. The van der Waals surface area contributed by atoms with Gasteiger partial charge in [0.05, 0.1) is 17.4 Å². The Morgan fingerprint density at radius 3 is 2.55 bits per heavy atom. The molecule has 10 nitrogen and oxygen atoms in total. The Kier molecular flexibility index (Phi) is 6.42. The molecule has 0 saturated carbocycles. The molecule has 1 saturated heterocycles. The third-order valence-corrected chi connectivity index (χ3v) is 6.80. The summed E-state index contributed by atoms with van der Waals surface area (Å²) in [4.78, 5) is 33.6. The molecule has 1 aromatic carbocycles. The molecular formula is C28H33N7O3. The molecule has 4 heterocycles. The van der Waals surface area contributed by atoms with Gasteiger partial charge in [0.15, 0.2) is 0 Å². The lowest BCUT2D eigenvalue weighted by Crippen LogP contribution is -2.57. The zero-order chi connectivity index (χ0) is 27.2. The summed E-state index contributed by atoms with van der Waals surface area (Å²) >= 11 is 0. The number of amides is 2. The van der Waals surface area contributed by atoms with Crippen LogP contribution in [-0.2, 0) is 23.1 Å². The Morgan fingerprint density at radius 1 is 1.08 bits per heavy atom. The van der Waals surface area contributed by atoms with E-state index in [0.717, 1.165) is 39.0 Å². The Balaban J connectivity index is 1.34. The molecule has 0 N–H and O–H groups in total. The largest absolute Gasteiger partial charge is 0.444 e. The van der Waals surface area contributed by atoms with Gasteiger partial charge in [-0.2, -0.15) is 10.2 Å². The molecule has 0 spiro atoms. The molecule has 10 heteroatoms. The number of aryl methyl sites for hydroxylation is 2. The Hall–Kier alpha value is -4.21. The minimum absolute atomic E-state index is 0.0841. The molecule has 1 atom stereocenters. The van der Waals surface area contributed by atoms with Crippen molar-refractivity contribution in [3.05, 3.63) is 60.3 Å². The lowest BCUT2D eigenvalue weighted by molar-refractivity contribution is -0.141. The van der Waals surface area contributed by atoms with Crippen LogP contribution in [0.5, 0.6) is 0 Å². The van der Waals surface area contributed by atoms with Gasteiger partial charge in [0.1, 0.15) is 18.0 Å². The number of carbonyl (C=O) groups excluding carboxylic acids is 2. The topological polar surface area (TPSA) is 97.9 Å². The number of benzene rings is 1. The first-order valence-corrected chi connectivity index (χ1v) is 12.7. The van der Waals surface area contributed by atoms with Gasteiger partial charge in [-0.25, -0.2) is 14.3 Å². The number of piperazine rings is 1. The molecule has 1 aliphatic heterocycles. The van der Waals surface area contributed by atoms with E-state index >= 15 is 0 Å². The first-order chi connectivity index (χ1) is 18.0. The zero-order valence-electron chi connectivity index (χ0n) is 22.7. The molecule has 0 bridgehead atoms. The fourth-order valence-electron chi connectivity index (χ4n) is 4.76. The third kappa shape index (κ3) is 4.98. The summed E-state index contributed by atoms with van der Waals surface area (Å²) < 4.78 is 9.09. The summed E-state index contributed by atoms with van der Waals surface area (Å²) in [6.07, 6.45) is 6.88. The number of carbonyl (C=O) groups is 2. The van der Waals surface area contributed by atoms with E-state index in [-0.39, 0.29) is 5.91 Å². The molecule has 198 valence electrons.